The van der Waals surface area contributed by atoms with Crippen molar-refractivity contribution >= 4 is 5.69 Å². The van der Waals surface area contributed by atoms with Crippen LogP contribution in [0, 0.1) is 5.92 Å². The van der Waals surface area contributed by atoms with Crippen LogP contribution in [0.5, 0.6) is 11.5 Å². The molecule has 4 nitrogen and oxygen atoms in total. The fraction of sp³-hybridized carbons (Fsp3) is 0.647. The van der Waals surface area contributed by atoms with Crippen LogP contribution in [-0.4, -0.2) is 19.3 Å². The zero-order valence-corrected chi connectivity index (χ0v) is 12.8. The summed E-state index contributed by atoms with van der Waals surface area (Å²) >= 11 is 0. The summed E-state index contributed by atoms with van der Waals surface area (Å²) in [4.78, 5) is 0. The fourth-order valence-electron chi connectivity index (χ4n) is 3.24. The standard InChI is InChI=1S/C17H25NO3/c1-2-12-4-3-5-14(8-12)21-11-13-9-16-17(10-15(13)18)20-7-6-19-16/h9-10,12,14H,2-8,11,18H2,1H3. The highest BCUT2D eigenvalue weighted by molar-refractivity contribution is 5.58. The first kappa shape index (κ1) is 14.5. The van der Waals surface area contributed by atoms with Gasteiger partial charge in [-0.15, -0.1) is 0 Å². The smallest absolute Gasteiger partial charge is 0.163 e. The summed E-state index contributed by atoms with van der Waals surface area (Å²) in [6, 6.07) is 3.81. The summed E-state index contributed by atoms with van der Waals surface area (Å²) in [6.07, 6.45) is 6.60. The maximum atomic E-state index is 6.10. The van der Waals surface area contributed by atoms with Crippen LogP contribution < -0.4 is 15.2 Å². The van der Waals surface area contributed by atoms with Gasteiger partial charge in [0.15, 0.2) is 11.5 Å². The van der Waals surface area contributed by atoms with Crippen molar-refractivity contribution in [1.82, 2.24) is 0 Å². The molecule has 2 unspecified atom stereocenters. The van der Waals surface area contributed by atoms with Crippen molar-refractivity contribution in [2.75, 3.05) is 18.9 Å². The van der Waals surface area contributed by atoms with E-state index >= 15 is 0 Å². The van der Waals surface area contributed by atoms with Gasteiger partial charge < -0.3 is 19.9 Å². The van der Waals surface area contributed by atoms with Gasteiger partial charge in [-0.25, -0.2) is 0 Å². The Morgan fingerprint density at radius 2 is 1.95 bits per heavy atom. The Balaban J connectivity index is 1.62. The van der Waals surface area contributed by atoms with E-state index in [1.165, 1.54) is 32.1 Å². The van der Waals surface area contributed by atoms with Gasteiger partial charge in [-0.05, 0) is 24.8 Å². The third-order valence-corrected chi connectivity index (χ3v) is 4.59. The summed E-state index contributed by atoms with van der Waals surface area (Å²) < 4.78 is 17.2. The molecule has 1 fully saturated rings. The number of nitrogen functional groups attached to an aromatic ring is 1. The third-order valence-electron chi connectivity index (χ3n) is 4.59. The summed E-state index contributed by atoms with van der Waals surface area (Å²) in [6.45, 7) is 4.01. The van der Waals surface area contributed by atoms with Crippen molar-refractivity contribution in [2.45, 2.75) is 51.7 Å². The molecule has 4 heteroatoms. The molecule has 1 heterocycles. The average Bonchev–Trinajstić information content (AvgIpc) is 2.53. The molecule has 3 rings (SSSR count). The summed E-state index contributed by atoms with van der Waals surface area (Å²) in [5.74, 6) is 2.34. The van der Waals surface area contributed by atoms with Gasteiger partial charge >= 0.3 is 0 Å². The summed E-state index contributed by atoms with van der Waals surface area (Å²) in [5.41, 5.74) is 7.82. The predicted octanol–water partition coefficient (Wildman–Crippen LogP) is 3.53. The van der Waals surface area contributed by atoms with Gasteiger partial charge in [-0.2, -0.15) is 0 Å². The van der Waals surface area contributed by atoms with Crippen molar-refractivity contribution in [3.05, 3.63) is 17.7 Å². The molecule has 0 saturated heterocycles. The average molecular weight is 291 g/mol. The lowest BCUT2D eigenvalue weighted by Gasteiger charge is -2.28. The maximum Gasteiger partial charge on any atom is 0.163 e. The van der Waals surface area contributed by atoms with Crippen molar-refractivity contribution < 1.29 is 14.2 Å². The number of benzene rings is 1. The second-order valence-corrected chi connectivity index (χ2v) is 6.07. The van der Waals surface area contributed by atoms with Crippen LogP contribution in [0.3, 0.4) is 0 Å². The normalized spacial score (nSPS) is 24.8. The highest BCUT2D eigenvalue weighted by atomic mass is 16.6. The Bertz CT molecular complexity index is 489. The van der Waals surface area contributed by atoms with E-state index < -0.39 is 0 Å². The quantitative estimate of drug-likeness (QED) is 0.862. The van der Waals surface area contributed by atoms with E-state index in [0.29, 0.717) is 25.9 Å². The number of fused-ring (bicyclic) bond motifs is 1. The Labute approximate surface area is 126 Å². The third kappa shape index (κ3) is 3.43. The van der Waals surface area contributed by atoms with Crippen LogP contribution in [0.25, 0.3) is 0 Å². The highest BCUT2D eigenvalue weighted by Gasteiger charge is 2.22. The Hall–Kier alpha value is -1.42. The summed E-state index contributed by atoms with van der Waals surface area (Å²) in [7, 11) is 0. The molecular formula is C17H25NO3. The second-order valence-electron chi connectivity index (χ2n) is 6.07. The van der Waals surface area contributed by atoms with Crippen LogP contribution >= 0.6 is 0 Å². The van der Waals surface area contributed by atoms with Gasteiger partial charge in [0, 0.05) is 17.3 Å². The van der Waals surface area contributed by atoms with Gasteiger partial charge in [-0.3, -0.25) is 0 Å². The van der Waals surface area contributed by atoms with E-state index in [1.807, 2.05) is 12.1 Å². The van der Waals surface area contributed by atoms with Gasteiger partial charge in [0.25, 0.3) is 0 Å². The SMILES string of the molecule is CCC1CCCC(OCc2cc3c(cc2N)OCCO3)C1. The molecule has 21 heavy (non-hydrogen) atoms. The minimum Gasteiger partial charge on any atom is -0.486 e. The molecule has 2 atom stereocenters. The lowest BCUT2D eigenvalue weighted by Crippen LogP contribution is -2.22. The first-order chi connectivity index (χ1) is 10.3. The summed E-state index contributed by atoms with van der Waals surface area (Å²) in [5, 5.41) is 0. The minimum absolute atomic E-state index is 0.372. The molecule has 0 amide bonds. The van der Waals surface area contributed by atoms with Crippen LogP contribution in [-0.2, 0) is 11.3 Å². The molecule has 2 aliphatic rings. The predicted molar refractivity (Wildman–Crippen MR) is 82.7 cm³/mol. The molecule has 1 aromatic rings. The first-order valence-electron chi connectivity index (χ1n) is 8.06. The molecule has 0 spiro atoms. The van der Waals surface area contributed by atoms with Gasteiger partial charge in [-0.1, -0.05) is 26.2 Å². The van der Waals surface area contributed by atoms with Crippen molar-refractivity contribution in [2.24, 2.45) is 5.92 Å². The maximum absolute atomic E-state index is 6.10. The number of anilines is 1. The van der Waals surface area contributed by atoms with Crippen molar-refractivity contribution in [1.29, 1.82) is 0 Å². The number of rotatable bonds is 4. The molecule has 0 radical (unpaired) electrons. The van der Waals surface area contributed by atoms with Gasteiger partial charge in [0.2, 0.25) is 0 Å². The first-order valence-corrected chi connectivity index (χ1v) is 8.06. The van der Waals surface area contributed by atoms with Gasteiger partial charge in [0.05, 0.1) is 12.7 Å². The topological polar surface area (TPSA) is 53.7 Å². The van der Waals surface area contributed by atoms with Gasteiger partial charge in [0.1, 0.15) is 13.2 Å². The zero-order valence-electron chi connectivity index (χ0n) is 12.8. The number of hydrogen-bond acceptors (Lipinski definition) is 4. The van der Waals surface area contributed by atoms with E-state index in [1.54, 1.807) is 0 Å². The lowest BCUT2D eigenvalue weighted by atomic mass is 9.85. The second kappa shape index (κ2) is 6.56. The van der Waals surface area contributed by atoms with E-state index in [9.17, 15) is 0 Å². The Morgan fingerprint density at radius 3 is 2.71 bits per heavy atom. The molecule has 116 valence electrons. The van der Waals surface area contributed by atoms with E-state index in [0.717, 1.165) is 28.7 Å². The van der Waals surface area contributed by atoms with Crippen molar-refractivity contribution in [3.8, 4) is 11.5 Å². The molecule has 0 aromatic heterocycles. The molecular weight excluding hydrogens is 266 g/mol. The molecule has 1 saturated carbocycles. The fourth-order valence-corrected chi connectivity index (χ4v) is 3.24. The van der Waals surface area contributed by atoms with Crippen LogP contribution in [0.2, 0.25) is 0 Å². The van der Waals surface area contributed by atoms with Crippen LogP contribution in [0.15, 0.2) is 12.1 Å². The lowest BCUT2D eigenvalue weighted by molar-refractivity contribution is 0.00188. The highest BCUT2D eigenvalue weighted by Crippen LogP contribution is 2.35. The molecule has 1 aromatic carbocycles. The van der Waals surface area contributed by atoms with Crippen LogP contribution in [0.1, 0.15) is 44.6 Å². The molecule has 1 aliphatic heterocycles. The Kier molecular flexibility index (Phi) is 4.54. The molecule has 2 N–H and O–H groups in total. The number of nitrogens with two attached hydrogens (primary N) is 1. The molecule has 1 aliphatic carbocycles. The number of hydrogen-bond donors (Lipinski definition) is 1. The minimum atomic E-state index is 0.372. The van der Waals surface area contributed by atoms with E-state index in [2.05, 4.69) is 6.92 Å². The van der Waals surface area contributed by atoms with E-state index in [-0.39, 0.29) is 0 Å². The monoisotopic (exact) mass is 291 g/mol. The van der Waals surface area contributed by atoms with E-state index in [4.69, 9.17) is 19.9 Å². The van der Waals surface area contributed by atoms with Crippen molar-refractivity contribution in [3.63, 3.8) is 0 Å². The largest absolute Gasteiger partial charge is 0.486 e. The molecule has 0 bridgehead atoms. The van der Waals surface area contributed by atoms with Crippen LogP contribution in [0.4, 0.5) is 5.69 Å². The number of ether oxygens (including phenoxy) is 3. The Morgan fingerprint density at radius 1 is 1.19 bits per heavy atom. The zero-order chi connectivity index (χ0) is 14.7.